The van der Waals surface area contributed by atoms with Crippen molar-refractivity contribution in [2.45, 2.75) is 32.1 Å². The van der Waals surface area contributed by atoms with Crippen LogP contribution in [0.25, 0.3) is 0 Å². The van der Waals surface area contributed by atoms with Crippen molar-refractivity contribution in [1.29, 1.82) is 0 Å². The average Bonchev–Trinajstić information content (AvgIpc) is 2.54. The van der Waals surface area contributed by atoms with Gasteiger partial charge in [-0.15, -0.1) is 0 Å². The van der Waals surface area contributed by atoms with Crippen LogP contribution in [0.3, 0.4) is 0 Å². The fourth-order valence-electron chi connectivity index (χ4n) is 2.24. The van der Waals surface area contributed by atoms with Gasteiger partial charge in [-0.2, -0.15) is 0 Å². The Kier molecular flexibility index (Phi) is 2.16. The predicted octanol–water partition coefficient (Wildman–Crippen LogP) is 3.59. The minimum absolute atomic E-state index is 0.848. The standard InChI is InChI=1S/C12H16/c1-10-7-8-12(9-10)11-5-3-2-4-6-11/h2-6,10,12H,7-9H2,1H3/t10?,12-/m1/s1. The van der Waals surface area contributed by atoms with Crippen LogP contribution in [-0.2, 0) is 0 Å². The van der Waals surface area contributed by atoms with Crippen LogP contribution < -0.4 is 0 Å². The first kappa shape index (κ1) is 7.85. The molecule has 0 aliphatic heterocycles. The van der Waals surface area contributed by atoms with Gasteiger partial charge in [0.1, 0.15) is 0 Å². The number of hydrogen-bond donors (Lipinski definition) is 0. The van der Waals surface area contributed by atoms with Crippen LogP contribution >= 0.6 is 0 Å². The van der Waals surface area contributed by atoms with Gasteiger partial charge in [-0.3, -0.25) is 0 Å². The lowest BCUT2D eigenvalue weighted by Crippen LogP contribution is -1.92. The van der Waals surface area contributed by atoms with Crippen molar-refractivity contribution >= 4 is 0 Å². The number of hydrogen-bond acceptors (Lipinski definition) is 0. The van der Waals surface area contributed by atoms with Gasteiger partial charge in [0.2, 0.25) is 0 Å². The average molecular weight is 160 g/mol. The van der Waals surface area contributed by atoms with Crippen LogP contribution in [0.2, 0.25) is 0 Å². The smallest absolute Gasteiger partial charge is 0.0159 e. The Bertz CT molecular complexity index is 237. The summed E-state index contributed by atoms with van der Waals surface area (Å²) in [6.07, 6.45) is 4.20. The third-order valence-electron chi connectivity index (χ3n) is 2.97. The summed E-state index contributed by atoms with van der Waals surface area (Å²) in [4.78, 5) is 0. The Hall–Kier alpha value is -0.780. The van der Waals surface area contributed by atoms with Crippen molar-refractivity contribution in [2.75, 3.05) is 0 Å². The topological polar surface area (TPSA) is 0 Å². The molecule has 1 aliphatic rings. The zero-order valence-corrected chi connectivity index (χ0v) is 7.66. The molecule has 0 nitrogen and oxygen atoms in total. The summed E-state index contributed by atoms with van der Waals surface area (Å²) in [7, 11) is 0. The second kappa shape index (κ2) is 3.30. The minimum Gasteiger partial charge on any atom is -0.0625 e. The summed E-state index contributed by atoms with van der Waals surface area (Å²) < 4.78 is 0. The molecule has 0 aromatic heterocycles. The van der Waals surface area contributed by atoms with E-state index < -0.39 is 0 Å². The van der Waals surface area contributed by atoms with Gasteiger partial charge in [0, 0.05) is 0 Å². The molecule has 0 saturated heterocycles. The lowest BCUT2D eigenvalue weighted by Gasteiger charge is -2.08. The molecule has 1 aromatic carbocycles. The summed E-state index contributed by atoms with van der Waals surface area (Å²) in [5.41, 5.74) is 1.54. The maximum atomic E-state index is 2.36. The molecule has 0 bridgehead atoms. The molecule has 2 atom stereocenters. The van der Waals surface area contributed by atoms with Crippen molar-refractivity contribution in [3.8, 4) is 0 Å². The van der Waals surface area contributed by atoms with Crippen LogP contribution in [0, 0.1) is 5.92 Å². The van der Waals surface area contributed by atoms with Gasteiger partial charge < -0.3 is 0 Å². The van der Waals surface area contributed by atoms with E-state index in [-0.39, 0.29) is 0 Å². The molecule has 12 heavy (non-hydrogen) atoms. The Morgan fingerprint density at radius 1 is 1.08 bits per heavy atom. The lowest BCUT2D eigenvalue weighted by molar-refractivity contribution is 0.596. The highest BCUT2D eigenvalue weighted by Gasteiger charge is 2.21. The van der Waals surface area contributed by atoms with E-state index in [0.717, 1.165) is 11.8 Å². The van der Waals surface area contributed by atoms with Gasteiger partial charge in [0.05, 0.1) is 0 Å². The van der Waals surface area contributed by atoms with Gasteiger partial charge in [-0.1, -0.05) is 43.7 Å². The Labute approximate surface area is 74.6 Å². The summed E-state index contributed by atoms with van der Waals surface area (Å²) in [6, 6.07) is 10.9. The van der Waals surface area contributed by atoms with E-state index in [9.17, 15) is 0 Å². The highest BCUT2D eigenvalue weighted by Crippen LogP contribution is 2.37. The van der Waals surface area contributed by atoms with Crippen molar-refractivity contribution < 1.29 is 0 Å². The molecule has 2 rings (SSSR count). The van der Waals surface area contributed by atoms with Crippen LogP contribution in [0.1, 0.15) is 37.7 Å². The first-order valence-corrected chi connectivity index (χ1v) is 4.91. The molecule has 0 spiro atoms. The van der Waals surface area contributed by atoms with Crippen LogP contribution in [-0.4, -0.2) is 0 Å². The largest absolute Gasteiger partial charge is 0.0625 e. The van der Waals surface area contributed by atoms with Crippen LogP contribution in [0.4, 0.5) is 0 Å². The van der Waals surface area contributed by atoms with Crippen molar-refractivity contribution in [1.82, 2.24) is 0 Å². The molecular weight excluding hydrogens is 144 g/mol. The normalized spacial score (nSPS) is 29.1. The van der Waals surface area contributed by atoms with Crippen LogP contribution in [0.15, 0.2) is 30.3 Å². The molecule has 1 aliphatic carbocycles. The third-order valence-corrected chi connectivity index (χ3v) is 2.97. The SMILES string of the molecule is CC1CC[C@@H](c2ccccc2)C1. The molecule has 1 saturated carbocycles. The minimum atomic E-state index is 0.848. The van der Waals surface area contributed by atoms with E-state index >= 15 is 0 Å². The molecule has 0 heteroatoms. The first-order valence-electron chi connectivity index (χ1n) is 4.91. The van der Waals surface area contributed by atoms with Crippen LogP contribution in [0.5, 0.6) is 0 Å². The molecule has 0 heterocycles. The van der Waals surface area contributed by atoms with Gasteiger partial charge in [-0.25, -0.2) is 0 Å². The van der Waals surface area contributed by atoms with Crippen molar-refractivity contribution in [2.24, 2.45) is 5.92 Å². The fourth-order valence-corrected chi connectivity index (χ4v) is 2.24. The lowest BCUT2D eigenvalue weighted by atomic mass is 9.97. The molecule has 64 valence electrons. The molecule has 0 amide bonds. The highest BCUT2D eigenvalue weighted by atomic mass is 14.3. The first-order chi connectivity index (χ1) is 5.86. The van der Waals surface area contributed by atoms with Crippen molar-refractivity contribution in [3.63, 3.8) is 0 Å². The van der Waals surface area contributed by atoms with E-state index in [4.69, 9.17) is 0 Å². The molecule has 1 fully saturated rings. The molecule has 0 N–H and O–H groups in total. The molecule has 1 aromatic rings. The van der Waals surface area contributed by atoms with E-state index in [1.54, 1.807) is 5.56 Å². The predicted molar refractivity (Wildman–Crippen MR) is 52.2 cm³/mol. The summed E-state index contributed by atoms with van der Waals surface area (Å²) in [5, 5.41) is 0. The number of benzene rings is 1. The Morgan fingerprint density at radius 2 is 1.83 bits per heavy atom. The molecule has 1 unspecified atom stereocenters. The van der Waals surface area contributed by atoms with E-state index in [2.05, 4.69) is 37.3 Å². The summed E-state index contributed by atoms with van der Waals surface area (Å²) >= 11 is 0. The maximum absolute atomic E-state index is 2.36. The summed E-state index contributed by atoms with van der Waals surface area (Å²) in [6.45, 7) is 2.36. The number of rotatable bonds is 1. The Balaban J connectivity index is 2.11. The maximum Gasteiger partial charge on any atom is -0.0159 e. The fraction of sp³-hybridized carbons (Fsp3) is 0.500. The van der Waals surface area contributed by atoms with Gasteiger partial charge in [0.25, 0.3) is 0 Å². The van der Waals surface area contributed by atoms with E-state index in [1.165, 1.54) is 19.3 Å². The second-order valence-electron chi connectivity index (χ2n) is 4.03. The van der Waals surface area contributed by atoms with Gasteiger partial charge >= 0.3 is 0 Å². The van der Waals surface area contributed by atoms with Crippen molar-refractivity contribution in [3.05, 3.63) is 35.9 Å². The summed E-state index contributed by atoms with van der Waals surface area (Å²) in [5.74, 6) is 1.79. The third kappa shape index (κ3) is 1.52. The second-order valence-corrected chi connectivity index (χ2v) is 4.03. The zero-order chi connectivity index (χ0) is 8.39. The molecular formula is C12H16. The van der Waals surface area contributed by atoms with E-state index in [1.807, 2.05) is 0 Å². The highest BCUT2D eigenvalue weighted by molar-refractivity contribution is 5.20. The quantitative estimate of drug-likeness (QED) is 0.589. The van der Waals surface area contributed by atoms with Gasteiger partial charge in [-0.05, 0) is 30.2 Å². The van der Waals surface area contributed by atoms with Gasteiger partial charge in [0.15, 0.2) is 0 Å². The molecule has 0 radical (unpaired) electrons. The zero-order valence-electron chi connectivity index (χ0n) is 7.66. The van der Waals surface area contributed by atoms with E-state index in [0.29, 0.717) is 0 Å². The Morgan fingerprint density at radius 3 is 2.42 bits per heavy atom. The monoisotopic (exact) mass is 160 g/mol.